The number of nitrogens with two attached hydrogens (primary N) is 1. The second kappa shape index (κ2) is 6.61. The van der Waals surface area contributed by atoms with Crippen molar-refractivity contribution < 1.29 is 4.74 Å². The fourth-order valence-electron chi connectivity index (χ4n) is 2.33. The molecule has 1 saturated heterocycles. The van der Waals surface area contributed by atoms with Crippen LogP contribution in [0.4, 0.5) is 11.6 Å². The smallest absolute Gasteiger partial charge is 0.161 e. The van der Waals surface area contributed by atoms with Gasteiger partial charge in [0.1, 0.15) is 5.82 Å². The van der Waals surface area contributed by atoms with Crippen LogP contribution in [-0.4, -0.2) is 31.8 Å². The summed E-state index contributed by atoms with van der Waals surface area (Å²) in [6.07, 6.45) is 2.14. The number of hydrogen-bond donors (Lipinski definition) is 2. The van der Waals surface area contributed by atoms with Gasteiger partial charge in [-0.25, -0.2) is 10.8 Å². The molecule has 2 rings (SSSR count). The lowest BCUT2D eigenvalue weighted by Gasteiger charge is -2.33. The monoisotopic (exact) mass is 304 g/mol. The van der Waals surface area contributed by atoms with E-state index in [1.54, 1.807) is 13.2 Å². The normalized spacial score (nSPS) is 16.7. The number of halogens is 2. The molecule has 0 radical (unpaired) electrons. The maximum absolute atomic E-state index is 6.21. The lowest BCUT2D eigenvalue weighted by Crippen LogP contribution is -2.35. The summed E-state index contributed by atoms with van der Waals surface area (Å²) in [7, 11) is 1.74. The van der Waals surface area contributed by atoms with Gasteiger partial charge in [0.25, 0.3) is 0 Å². The molecule has 2 heterocycles. The highest BCUT2D eigenvalue weighted by Gasteiger charge is 2.22. The quantitative estimate of drug-likeness (QED) is 0.661. The van der Waals surface area contributed by atoms with E-state index in [-0.39, 0.29) is 0 Å². The van der Waals surface area contributed by atoms with E-state index in [4.69, 9.17) is 33.8 Å². The van der Waals surface area contributed by atoms with Crippen molar-refractivity contribution in [2.75, 3.05) is 37.1 Å². The van der Waals surface area contributed by atoms with E-state index in [1.807, 2.05) is 0 Å². The summed E-state index contributed by atoms with van der Waals surface area (Å²) < 4.78 is 5.19. The van der Waals surface area contributed by atoms with Crippen molar-refractivity contribution in [2.24, 2.45) is 11.8 Å². The first-order chi connectivity index (χ1) is 9.15. The Labute approximate surface area is 123 Å². The van der Waals surface area contributed by atoms with Crippen LogP contribution in [0.25, 0.3) is 0 Å². The Morgan fingerprint density at radius 2 is 2.11 bits per heavy atom. The molecule has 1 aromatic rings. The number of aromatic nitrogens is 1. The second-order valence-electron chi connectivity index (χ2n) is 4.65. The molecule has 1 aliphatic rings. The number of methoxy groups -OCH3 is 1. The number of pyridine rings is 1. The van der Waals surface area contributed by atoms with Gasteiger partial charge < -0.3 is 15.1 Å². The molecule has 3 N–H and O–H groups in total. The number of piperidine rings is 1. The van der Waals surface area contributed by atoms with Gasteiger partial charge >= 0.3 is 0 Å². The lowest BCUT2D eigenvalue weighted by molar-refractivity contribution is 0.139. The van der Waals surface area contributed by atoms with Gasteiger partial charge in [-0.3, -0.25) is 0 Å². The number of nitrogens with zero attached hydrogens (tertiary/aromatic N) is 2. The van der Waals surface area contributed by atoms with E-state index >= 15 is 0 Å². The Hall–Kier alpha value is -0.750. The van der Waals surface area contributed by atoms with Gasteiger partial charge in [-0.2, -0.15) is 0 Å². The third-order valence-electron chi connectivity index (χ3n) is 3.36. The summed E-state index contributed by atoms with van der Waals surface area (Å²) in [5.74, 6) is 7.17. The summed E-state index contributed by atoms with van der Waals surface area (Å²) >= 11 is 12.2. The van der Waals surface area contributed by atoms with E-state index in [0.717, 1.165) is 38.4 Å². The molecule has 0 atom stereocenters. The van der Waals surface area contributed by atoms with Crippen LogP contribution >= 0.6 is 23.2 Å². The highest BCUT2D eigenvalue weighted by Crippen LogP contribution is 2.33. The SMILES string of the molecule is COCC1CCN(c2nc(NN)c(Cl)cc2Cl)CC1. The van der Waals surface area contributed by atoms with Gasteiger partial charge in [0, 0.05) is 26.8 Å². The Bertz CT molecular complexity index is 436. The first-order valence-electron chi connectivity index (χ1n) is 6.22. The molecular weight excluding hydrogens is 287 g/mol. The molecule has 7 heteroatoms. The molecule has 0 aromatic carbocycles. The average molecular weight is 305 g/mol. The third-order valence-corrected chi connectivity index (χ3v) is 3.93. The first-order valence-corrected chi connectivity index (χ1v) is 6.97. The number of hydrazine groups is 1. The summed E-state index contributed by atoms with van der Waals surface area (Å²) in [4.78, 5) is 6.54. The molecule has 0 amide bonds. The minimum absolute atomic E-state index is 0.422. The summed E-state index contributed by atoms with van der Waals surface area (Å²) in [5, 5.41) is 0.972. The van der Waals surface area contributed by atoms with Gasteiger partial charge in [-0.05, 0) is 24.8 Å². The number of rotatable bonds is 4. The van der Waals surface area contributed by atoms with Crippen molar-refractivity contribution in [3.8, 4) is 0 Å². The number of anilines is 2. The highest BCUT2D eigenvalue weighted by molar-refractivity contribution is 6.37. The highest BCUT2D eigenvalue weighted by atomic mass is 35.5. The van der Waals surface area contributed by atoms with Crippen molar-refractivity contribution in [2.45, 2.75) is 12.8 Å². The van der Waals surface area contributed by atoms with Crippen LogP contribution in [0.1, 0.15) is 12.8 Å². The van der Waals surface area contributed by atoms with E-state index in [9.17, 15) is 0 Å². The van der Waals surface area contributed by atoms with Gasteiger partial charge in [0.2, 0.25) is 0 Å². The summed E-state index contributed by atoms with van der Waals surface area (Å²) in [5.41, 5.74) is 2.48. The van der Waals surface area contributed by atoms with Gasteiger partial charge in [-0.1, -0.05) is 23.2 Å². The Balaban J connectivity index is 2.11. The average Bonchev–Trinajstić information content (AvgIpc) is 2.41. The molecule has 1 fully saturated rings. The molecule has 0 spiro atoms. The number of hydrogen-bond acceptors (Lipinski definition) is 5. The van der Waals surface area contributed by atoms with Gasteiger partial charge in [-0.15, -0.1) is 0 Å². The molecule has 0 saturated carbocycles. The van der Waals surface area contributed by atoms with Crippen molar-refractivity contribution in [1.29, 1.82) is 0 Å². The first kappa shape index (κ1) is 14.7. The topological polar surface area (TPSA) is 63.4 Å². The summed E-state index contributed by atoms with van der Waals surface area (Å²) in [6, 6.07) is 1.67. The fraction of sp³-hybridized carbons (Fsp3) is 0.583. The number of nitrogens with one attached hydrogen (secondary N) is 1. The molecule has 5 nitrogen and oxygen atoms in total. The zero-order valence-electron chi connectivity index (χ0n) is 10.8. The second-order valence-corrected chi connectivity index (χ2v) is 5.47. The van der Waals surface area contributed by atoms with Crippen LogP contribution in [0.15, 0.2) is 6.07 Å². The van der Waals surface area contributed by atoms with Crippen LogP contribution < -0.4 is 16.2 Å². The molecule has 1 aromatic heterocycles. The Morgan fingerprint density at radius 1 is 1.42 bits per heavy atom. The van der Waals surface area contributed by atoms with Crippen LogP contribution in [0.2, 0.25) is 10.0 Å². The van der Waals surface area contributed by atoms with Gasteiger partial charge in [0.05, 0.1) is 10.0 Å². The van der Waals surface area contributed by atoms with Crippen molar-refractivity contribution in [3.05, 3.63) is 16.1 Å². The molecule has 1 aliphatic heterocycles. The largest absolute Gasteiger partial charge is 0.384 e. The Kier molecular flexibility index (Phi) is 5.10. The molecule has 0 unspecified atom stereocenters. The zero-order valence-corrected chi connectivity index (χ0v) is 12.3. The lowest BCUT2D eigenvalue weighted by atomic mass is 9.98. The maximum Gasteiger partial charge on any atom is 0.161 e. The molecule has 19 heavy (non-hydrogen) atoms. The standard InChI is InChI=1S/C12H18Cl2N4O/c1-19-7-8-2-4-18(5-3-8)12-10(14)6-9(13)11(16-12)17-15/h6,8H,2-5,7,15H2,1H3,(H,16,17). The van der Waals surface area contributed by atoms with Crippen LogP contribution in [0, 0.1) is 5.92 Å². The molecule has 0 bridgehead atoms. The van der Waals surface area contributed by atoms with E-state index in [0.29, 0.717) is 21.8 Å². The van der Waals surface area contributed by atoms with Crippen molar-refractivity contribution in [3.63, 3.8) is 0 Å². The predicted octanol–water partition coefficient (Wildman–Crippen LogP) is 2.54. The van der Waals surface area contributed by atoms with Crippen LogP contribution in [0.5, 0.6) is 0 Å². The predicted molar refractivity (Wildman–Crippen MR) is 78.9 cm³/mol. The van der Waals surface area contributed by atoms with E-state index in [2.05, 4.69) is 15.3 Å². The van der Waals surface area contributed by atoms with Crippen molar-refractivity contribution >= 4 is 34.8 Å². The van der Waals surface area contributed by atoms with Gasteiger partial charge in [0.15, 0.2) is 5.82 Å². The summed E-state index contributed by atoms with van der Waals surface area (Å²) in [6.45, 7) is 2.63. The molecular formula is C12H18Cl2N4O. The Morgan fingerprint density at radius 3 is 2.68 bits per heavy atom. The molecule has 0 aliphatic carbocycles. The van der Waals surface area contributed by atoms with Crippen LogP contribution in [-0.2, 0) is 4.74 Å². The minimum Gasteiger partial charge on any atom is -0.384 e. The minimum atomic E-state index is 0.422. The van der Waals surface area contributed by atoms with Crippen LogP contribution in [0.3, 0.4) is 0 Å². The zero-order chi connectivity index (χ0) is 13.8. The van der Waals surface area contributed by atoms with E-state index < -0.39 is 0 Å². The third kappa shape index (κ3) is 3.42. The molecule has 106 valence electrons. The van der Waals surface area contributed by atoms with E-state index in [1.165, 1.54) is 0 Å². The number of nitrogen functional groups attached to an aromatic ring is 1. The van der Waals surface area contributed by atoms with Crippen molar-refractivity contribution in [1.82, 2.24) is 4.98 Å². The fourth-order valence-corrected chi connectivity index (χ4v) is 2.86. The number of ether oxygens (including phenoxy) is 1. The maximum atomic E-state index is 6.21.